The molecule has 0 saturated heterocycles. The first-order valence-corrected chi connectivity index (χ1v) is 7.74. The van der Waals surface area contributed by atoms with Gasteiger partial charge in [0.1, 0.15) is 10.1 Å². The summed E-state index contributed by atoms with van der Waals surface area (Å²) in [5.41, 5.74) is 11.2. The SMILES string of the molecule is NC1=CC(S(=O)(=O)[O-])=C(N)C2C(=O)c3ccccc3C(=O)C12.[Na+]. The van der Waals surface area contributed by atoms with Gasteiger partial charge in [0.15, 0.2) is 11.6 Å². The van der Waals surface area contributed by atoms with E-state index >= 15 is 0 Å². The summed E-state index contributed by atoms with van der Waals surface area (Å²) in [5, 5.41) is 0. The topological polar surface area (TPSA) is 143 Å². The van der Waals surface area contributed by atoms with Crippen molar-refractivity contribution >= 4 is 21.7 Å². The van der Waals surface area contributed by atoms with Crippen molar-refractivity contribution in [2.45, 2.75) is 0 Å². The molecule has 23 heavy (non-hydrogen) atoms. The molecule has 0 bridgehead atoms. The summed E-state index contributed by atoms with van der Waals surface area (Å²) >= 11 is 0. The first kappa shape index (κ1) is 17.9. The van der Waals surface area contributed by atoms with Crippen LogP contribution in [0.15, 0.2) is 46.6 Å². The Labute approximate surface area is 154 Å². The van der Waals surface area contributed by atoms with Gasteiger partial charge in [-0.1, -0.05) is 24.3 Å². The van der Waals surface area contributed by atoms with Gasteiger partial charge >= 0.3 is 29.6 Å². The fraction of sp³-hybridized carbons (Fsp3) is 0.143. The average molecular weight is 342 g/mol. The molecule has 0 aliphatic heterocycles. The predicted molar refractivity (Wildman–Crippen MR) is 75.3 cm³/mol. The summed E-state index contributed by atoms with van der Waals surface area (Å²) in [5.74, 6) is -3.27. The van der Waals surface area contributed by atoms with Gasteiger partial charge in [0.25, 0.3) is 0 Å². The van der Waals surface area contributed by atoms with Gasteiger partial charge in [-0.05, 0) is 6.08 Å². The molecule has 1 aromatic rings. The Morgan fingerprint density at radius 1 is 0.957 bits per heavy atom. The number of nitrogens with two attached hydrogens (primary N) is 2. The van der Waals surface area contributed by atoms with Crippen LogP contribution in [-0.4, -0.2) is 24.5 Å². The van der Waals surface area contributed by atoms with E-state index in [1.54, 1.807) is 12.1 Å². The molecule has 0 saturated carbocycles. The van der Waals surface area contributed by atoms with Gasteiger partial charge < -0.3 is 16.0 Å². The maximum atomic E-state index is 12.6. The third kappa shape index (κ3) is 2.66. The molecule has 2 aliphatic rings. The molecule has 7 nitrogen and oxygen atoms in total. The van der Waals surface area contributed by atoms with Crippen LogP contribution in [0.1, 0.15) is 20.7 Å². The van der Waals surface area contributed by atoms with Crippen LogP contribution < -0.4 is 41.0 Å². The minimum Gasteiger partial charge on any atom is -0.744 e. The Morgan fingerprint density at radius 2 is 1.43 bits per heavy atom. The fourth-order valence-corrected chi connectivity index (χ4v) is 3.61. The van der Waals surface area contributed by atoms with Crippen LogP contribution in [0.2, 0.25) is 0 Å². The summed E-state index contributed by atoms with van der Waals surface area (Å²) in [6.07, 6.45) is 0.873. The van der Waals surface area contributed by atoms with Gasteiger partial charge in [-0.25, -0.2) is 8.42 Å². The molecule has 3 rings (SSSR count). The van der Waals surface area contributed by atoms with Gasteiger partial charge in [0, 0.05) is 22.5 Å². The Kier molecular flexibility index (Phi) is 4.57. The molecule has 0 aromatic heterocycles. The molecule has 114 valence electrons. The van der Waals surface area contributed by atoms with Gasteiger partial charge in [-0.3, -0.25) is 9.59 Å². The number of rotatable bonds is 1. The molecule has 0 radical (unpaired) electrons. The number of hydrogen-bond donors (Lipinski definition) is 2. The van der Waals surface area contributed by atoms with Crippen LogP contribution in [0.3, 0.4) is 0 Å². The van der Waals surface area contributed by atoms with Crippen molar-refractivity contribution in [1.82, 2.24) is 0 Å². The summed E-state index contributed by atoms with van der Waals surface area (Å²) in [7, 11) is -4.89. The molecule has 2 atom stereocenters. The van der Waals surface area contributed by atoms with E-state index in [1.807, 2.05) is 0 Å². The van der Waals surface area contributed by atoms with Crippen molar-refractivity contribution in [3.8, 4) is 0 Å². The Bertz CT molecular complexity index is 888. The fourth-order valence-electron chi connectivity index (χ4n) is 2.91. The zero-order valence-electron chi connectivity index (χ0n) is 12.1. The van der Waals surface area contributed by atoms with E-state index in [1.165, 1.54) is 12.1 Å². The number of benzene rings is 1. The van der Waals surface area contributed by atoms with E-state index in [0.29, 0.717) is 0 Å². The van der Waals surface area contributed by atoms with E-state index in [9.17, 15) is 22.6 Å². The third-order valence-electron chi connectivity index (χ3n) is 3.90. The zero-order valence-corrected chi connectivity index (χ0v) is 15.0. The number of Topliss-reactive ketones (excluding diaryl/α,β-unsaturated/α-hetero) is 2. The number of carbonyl (C=O) groups excluding carboxylic acids is 2. The Hall–Kier alpha value is -1.45. The molecule has 9 heteroatoms. The molecule has 0 spiro atoms. The van der Waals surface area contributed by atoms with Crippen molar-refractivity contribution in [3.63, 3.8) is 0 Å². The quantitative estimate of drug-likeness (QED) is 0.406. The molecule has 0 fully saturated rings. The summed E-state index contributed by atoms with van der Waals surface area (Å²) < 4.78 is 33.8. The van der Waals surface area contributed by atoms with Crippen LogP contribution >= 0.6 is 0 Å². The van der Waals surface area contributed by atoms with E-state index in [0.717, 1.165) is 6.08 Å². The van der Waals surface area contributed by atoms with Gasteiger partial charge in [0.2, 0.25) is 0 Å². The molecule has 2 unspecified atom stereocenters. The maximum absolute atomic E-state index is 12.6. The molecule has 0 amide bonds. The van der Waals surface area contributed by atoms with Gasteiger partial charge in [-0.2, -0.15) is 0 Å². The average Bonchev–Trinajstić information content (AvgIpc) is 2.45. The smallest absolute Gasteiger partial charge is 0.744 e. The second-order valence-corrected chi connectivity index (χ2v) is 6.50. The van der Waals surface area contributed by atoms with Gasteiger partial charge in [0.05, 0.1) is 16.7 Å². The van der Waals surface area contributed by atoms with Gasteiger partial charge in [-0.15, -0.1) is 0 Å². The van der Waals surface area contributed by atoms with E-state index in [2.05, 4.69) is 0 Å². The van der Waals surface area contributed by atoms with E-state index in [-0.39, 0.29) is 46.4 Å². The van der Waals surface area contributed by atoms with Crippen LogP contribution in [0.5, 0.6) is 0 Å². The van der Waals surface area contributed by atoms with Crippen LogP contribution in [0.4, 0.5) is 0 Å². The number of carbonyl (C=O) groups is 2. The summed E-state index contributed by atoms with van der Waals surface area (Å²) in [6.45, 7) is 0. The predicted octanol–water partition coefficient (Wildman–Crippen LogP) is -3.13. The zero-order chi connectivity index (χ0) is 16.2. The minimum atomic E-state index is -4.89. The Balaban J connectivity index is 0.00000192. The molecule has 4 N–H and O–H groups in total. The van der Waals surface area contributed by atoms with Crippen molar-refractivity contribution in [2.24, 2.45) is 23.3 Å². The molecular formula is C14H11N2NaO5S. The summed E-state index contributed by atoms with van der Waals surface area (Å²) in [4.78, 5) is 24.4. The number of fused-ring (bicyclic) bond motifs is 2. The van der Waals surface area contributed by atoms with E-state index in [4.69, 9.17) is 11.5 Å². The standard InChI is InChI=1S/C14H12N2O5S.Na/c15-8-5-9(22(19,20)21)12(16)11-10(8)13(17)6-3-1-2-4-7(6)14(11)18;/h1-5,10-11H,15-16H2,(H,19,20,21);/q;+1/p-1. The van der Waals surface area contributed by atoms with E-state index < -0.39 is 44.1 Å². The van der Waals surface area contributed by atoms with Crippen molar-refractivity contribution in [3.05, 3.63) is 57.8 Å². The molecular weight excluding hydrogens is 331 g/mol. The number of allylic oxidation sites excluding steroid dienone is 3. The third-order valence-corrected chi connectivity index (χ3v) is 4.79. The van der Waals surface area contributed by atoms with Crippen molar-refractivity contribution < 1.29 is 52.1 Å². The minimum absolute atomic E-state index is 0. The number of hydrogen-bond acceptors (Lipinski definition) is 7. The number of ketones is 2. The maximum Gasteiger partial charge on any atom is 1.00 e. The normalized spacial score (nSPS) is 23.6. The summed E-state index contributed by atoms with van der Waals surface area (Å²) in [6, 6.07) is 6.15. The first-order chi connectivity index (χ1) is 10.2. The molecule has 1 aromatic carbocycles. The first-order valence-electron chi connectivity index (χ1n) is 6.33. The van der Waals surface area contributed by atoms with Crippen molar-refractivity contribution in [2.75, 3.05) is 0 Å². The van der Waals surface area contributed by atoms with Crippen molar-refractivity contribution in [1.29, 1.82) is 0 Å². The Morgan fingerprint density at radius 3 is 1.91 bits per heavy atom. The second kappa shape index (κ2) is 5.88. The van der Waals surface area contributed by atoms with Crippen LogP contribution in [0, 0.1) is 11.8 Å². The largest absolute Gasteiger partial charge is 1.00 e. The van der Waals surface area contributed by atoms with Crippen LogP contribution in [0.25, 0.3) is 0 Å². The second-order valence-electron chi connectivity index (χ2n) is 5.15. The van der Waals surface area contributed by atoms with Crippen LogP contribution in [-0.2, 0) is 10.1 Å². The monoisotopic (exact) mass is 342 g/mol. The molecule has 2 aliphatic carbocycles. The molecule has 0 heterocycles.